The third-order valence-corrected chi connectivity index (χ3v) is 4.77. The number of hydrogen-bond donors (Lipinski definition) is 1. The van der Waals surface area contributed by atoms with Crippen molar-refractivity contribution >= 4 is 5.97 Å². The van der Waals surface area contributed by atoms with E-state index in [0.29, 0.717) is 36.7 Å². The minimum atomic E-state index is -0.947. The summed E-state index contributed by atoms with van der Waals surface area (Å²) in [6, 6.07) is 4.25. The van der Waals surface area contributed by atoms with Gasteiger partial charge in [0.05, 0.1) is 12.0 Å². The smallest absolute Gasteiger partial charge is 0.314 e. The Bertz CT molecular complexity index is 518. The number of benzene rings is 1. The Morgan fingerprint density at radius 2 is 2.10 bits per heavy atom. The molecule has 0 heterocycles. The quantitative estimate of drug-likeness (QED) is 0.896. The Kier molecular flexibility index (Phi) is 3.40. The molecule has 2 fully saturated rings. The zero-order valence-corrected chi connectivity index (χ0v) is 11.4. The molecule has 2 aliphatic carbocycles. The van der Waals surface area contributed by atoms with Crippen molar-refractivity contribution in [1.29, 1.82) is 0 Å². The third kappa shape index (κ3) is 2.17. The van der Waals surface area contributed by atoms with Crippen LogP contribution in [0.3, 0.4) is 0 Å². The molecule has 3 rings (SSSR count). The van der Waals surface area contributed by atoms with Crippen molar-refractivity contribution in [3.63, 3.8) is 0 Å². The molecule has 1 N–H and O–H groups in total. The molecule has 0 aromatic heterocycles. The minimum Gasteiger partial charge on any atom is -0.493 e. The summed E-state index contributed by atoms with van der Waals surface area (Å²) < 4.78 is 19.3. The van der Waals surface area contributed by atoms with E-state index in [1.807, 2.05) is 0 Å². The van der Waals surface area contributed by atoms with Gasteiger partial charge in [-0.15, -0.1) is 0 Å². The van der Waals surface area contributed by atoms with Crippen LogP contribution in [0, 0.1) is 11.7 Å². The maximum Gasteiger partial charge on any atom is 0.314 e. The van der Waals surface area contributed by atoms with Crippen molar-refractivity contribution in [2.24, 2.45) is 5.92 Å². The standard InChI is InChI=1S/C16H19FO3/c17-12-5-6-14(20-10-11-3-1-4-11)13(9-12)16(15(18)19)7-2-8-16/h5-6,9,11H,1-4,7-8,10H2,(H,18,19). The van der Waals surface area contributed by atoms with Crippen molar-refractivity contribution in [3.05, 3.63) is 29.6 Å². The van der Waals surface area contributed by atoms with Gasteiger partial charge in [0.25, 0.3) is 0 Å². The summed E-state index contributed by atoms with van der Waals surface area (Å²) in [6.45, 7) is 0.605. The van der Waals surface area contributed by atoms with Gasteiger partial charge in [-0.2, -0.15) is 0 Å². The van der Waals surface area contributed by atoms with E-state index in [-0.39, 0.29) is 0 Å². The fourth-order valence-electron chi connectivity index (χ4n) is 3.00. The predicted molar refractivity (Wildman–Crippen MR) is 72.4 cm³/mol. The number of aliphatic carboxylic acids is 1. The maximum atomic E-state index is 13.5. The summed E-state index contributed by atoms with van der Waals surface area (Å²) in [6.07, 6.45) is 5.56. The Balaban J connectivity index is 1.87. The molecule has 0 bridgehead atoms. The van der Waals surface area contributed by atoms with Gasteiger partial charge in [-0.1, -0.05) is 12.8 Å². The summed E-state index contributed by atoms with van der Waals surface area (Å²) in [5, 5.41) is 9.51. The van der Waals surface area contributed by atoms with E-state index in [4.69, 9.17) is 4.74 Å². The van der Waals surface area contributed by atoms with Gasteiger partial charge in [0, 0.05) is 5.56 Å². The lowest BCUT2D eigenvalue weighted by Gasteiger charge is -2.39. The van der Waals surface area contributed by atoms with Gasteiger partial charge in [0.15, 0.2) is 0 Å². The molecule has 2 saturated carbocycles. The van der Waals surface area contributed by atoms with Crippen LogP contribution < -0.4 is 4.74 Å². The lowest BCUT2D eigenvalue weighted by Crippen LogP contribution is -2.42. The molecule has 2 aliphatic rings. The maximum absolute atomic E-state index is 13.5. The molecule has 1 aromatic rings. The predicted octanol–water partition coefficient (Wildman–Crippen LogP) is 3.51. The Morgan fingerprint density at radius 1 is 1.35 bits per heavy atom. The van der Waals surface area contributed by atoms with Gasteiger partial charge in [-0.25, -0.2) is 4.39 Å². The average molecular weight is 278 g/mol. The number of halogens is 1. The Hall–Kier alpha value is -1.58. The second-order valence-electron chi connectivity index (χ2n) is 5.99. The first-order valence-electron chi connectivity index (χ1n) is 7.28. The molecule has 0 unspecified atom stereocenters. The topological polar surface area (TPSA) is 46.5 Å². The Labute approximate surface area is 117 Å². The van der Waals surface area contributed by atoms with Crippen LogP contribution >= 0.6 is 0 Å². The van der Waals surface area contributed by atoms with Crippen molar-refractivity contribution in [2.75, 3.05) is 6.61 Å². The molecule has 0 atom stereocenters. The normalized spacial score (nSPS) is 20.9. The highest BCUT2D eigenvalue weighted by Crippen LogP contribution is 2.47. The van der Waals surface area contributed by atoms with Crippen LogP contribution in [0.1, 0.15) is 44.1 Å². The van der Waals surface area contributed by atoms with Gasteiger partial charge in [0.1, 0.15) is 11.6 Å². The molecule has 0 aliphatic heterocycles. The first-order chi connectivity index (χ1) is 9.62. The van der Waals surface area contributed by atoms with Gasteiger partial charge < -0.3 is 9.84 Å². The highest BCUT2D eigenvalue weighted by molar-refractivity contribution is 5.83. The molecule has 4 heteroatoms. The highest BCUT2D eigenvalue weighted by atomic mass is 19.1. The van der Waals surface area contributed by atoms with Crippen molar-refractivity contribution in [3.8, 4) is 5.75 Å². The summed E-state index contributed by atoms with van der Waals surface area (Å²) in [5.41, 5.74) is -0.438. The van der Waals surface area contributed by atoms with Crippen LogP contribution in [0.5, 0.6) is 5.75 Å². The van der Waals surface area contributed by atoms with Crippen LogP contribution in [0.15, 0.2) is 18.2 Å². The van der Waals surface area contributed by atoms with Gasteiger partial charge in [0.2, 0.25) is 0 Å². The lowest BCUT2D eigenvalue weighted by molar-refractivity contribution is -0.147. The molecule has 3 nitrogen and oxygen atoms in total. The van der Waals surface area contributed by atoms with Crippen LogP contribution in [0.2, 0.25) is 0 Å². The number of ether oxygens (including phenoxy) is 1. The zero-order valence-electron chi connectivity index (χ0n) is 11.4. The summed E-state index contributed by atoms with van der Waals surface area (Å²) in [7, 11) is 0. The van der Waals surface area contributed by atoms with Crippen LogP contribution in [-0.2, 0) is 10.2 Å². The van der Waals surface area contributed by atoms with E-state index >= 15 is 0 Å². The Morgan fingerprint density at radius 3 is 2.60 bits per heavy atom. The van der Waals surface area contributed by atoms with Gasteiger partial charge >= 0.3 is 5.97 Å². The molecule has 108 valence electrons. The number of carbonyl (C=O) groups is 1. The second-order valence-corrected chi connectivity index (χ2v) is 5.99. The zero-order chi connectivity index (χ0) is 14.2. The molecule has 0 amide bonds. The van der Waals surface area contributed by atoms with E-state index in [1.54, 1.807) is 6.07 Å². The first-order valence-corrected chi connectivity index (χ1v) is 7.28. The van der Waals surface area contributed by atoms with E-state index in [0.717, 1.165) is 6.42 Å². The van der Waals surface area contributed by atoms with Gasteiger partial charge in [-0.3, -0.25) is 4.79 Å². The number of hydrogen-bond acceptors (Lipinski definition) is 2. The van der Waals surface area contributed by atoms with E-state index in [9.17, 15) is 14.3 Å². The van der Waals surface area contributed by atoms with E-state index < -0.39 is 17.2 Å². The molecule has 20 heavy (non-hydrogen) atoms. The molecule has 0 spiro atoms. The molecule has 1 aromatic carbocycles. The van der Waals surface area contributed by atoms with Crippen molar-refractivity contribution in [2.45, 2.75) is 43.9 Å². The fraction of sp³-hybridized carbons (Fsp3) is 0.562. The second kappa shape index (κ2) is 5.08. The largest absolute Gasteiger partial charge is 0.493 e. The molecular formula is C16H19FO3. The minimum absolute atomic E-state index is 0.400. The van der Waals surface area contributed by atoms with Crippen molar-refractivity contribution < 1.29 is 19.0 Å². The van der Waals surface area contributed by atoms with Crippen molar-refractivity contribution in [1.82, 2.24) is 0 Å². The lowest BCUT2D eigenvalue weighted by atomic mass is 9.64. The van der Waals surface area contributed by atoms with E-state index in [2.05, 4.69) is 0 Å². The molecule has 0 saturated heterocycles. The van der Waals surface area contributed by atoms with Crippen LogP contribution in [0.25, 0.3) is 0 Å². The molecule has 0 radical (unpaired) electrons. The van der Waals surface area contributed by atoms with E-state index in [1.165, 1.54) is 31.4 Å². The number of rotatable bonds is 5. The monoisotopic (exact) mass is 278 g/mol. The number of carboxylic acid groups (broad SMARTS) is 1. The summed E-state index contributed by atoms with van der Waals surface area (Å²) in [4.78, 5) is 11.6. The summed E-state index contributed by atoms with van der Waals surface area (Å²) in [5.74, 6) is -0.165. The summed E-state index contributed by atoms with van der Waals surface area (Å²) >= 11 is 0. The third-order valence-electron chi connectivity index (χ3n) is 4.77. The van der Waals surface area contributed by atoms with Gasteiger partial charge in [-0.05, 0) is 49.8 Å². The molecular weight excluding hydrogens is 259 g/mol. The van der Waals surface area contributed by atoms with Crippen LogP contribution in [-0.4, -0.2) is 17.7 Å². The average Bonchev–Trinajstić information content (AvgIpc) is 2.27. The highest BCUT2D eigenvalue weighted by Gasteiger charge is 2.48. The SMILES string of the molecule is O=C(O)C1(c2cc(F)ccc2OCC2CCC2)CCC1. The fourth-order valence-corrected chi connectivity index (χ4v) is 3.00. The number of carboxylic acids is 1. The first kappa shape index (κ1) is 13.4. The van der Waals surface area contributed by atoms with Crippen LogP contribution in [0.4, 0.5) is 4.39 Å².